The second-order valence-corrected chi connectivity index (χ2v) is 4.85. The Bertz CT molecular complexity index is 435. The molecule has 0 saturated carbocycles. The van der Waals surface area contributed by atoms with Crippen molar-refractivity contribution in [3.63, 3.8) is 0 Å². The van der Waals surface area contributed by atoms with Gasteiger partial charge in [0.25, 0.3) is 0 Å². The van der Waals surface area contributed by atoms with Gasteiger partial charge in [-0.3, -0.25) is 10.1 Å². The number of hydrogen-bond donors (Lipinski definition) is 1. The normalized spacial score (nSPS) is 12.0. The zero-order valence-electron chi connectivity index (χ0n) is 12.1. The summed E-state index contributed by atoms with van der Waals surface area (Å²) in [7, 11) is 1.91. The summed E-state index contributed by atoms with van der Waals surface area (Å²) in [5.41, 5.74) is 1.42. The van der Waals surface area contributed by atoms with Crippen LogP contribution in [0, 0.1) is 16.0 Å². The summed E-state index contributed by atoms with van der Waals surface area (Å²) in [6.45, 7) is 7.68. The molecule has 0 aromatic heterocycles. The van der Waals surface area contributed by atoms with Gasteiger partial charge >= 0.3 is 5.69 Å². The second-order valence-electron chi connectivity index (χ2n) is 4.85. The summed E-state index contributed by atoms with van der Waals surface area (Å²) in [6.07, 6.45) is 1.06. The molecular weight excluding hydrogens is 242 g/mol. The predicted molar refractivity (Wildman–Crippen MR) is 80.0 cm³/mol. The van der Waals surface area contributed by atoms with E-state index in [2.05, 4.69) is 19.2 Å². The summed E-state index contributed by atoms with van der Waals surface area (Å²) >= 11 is 0. The van der Waals surface area contributed by atoms with Crippen LogP contribution in [0.4, 0.5) is 17.1 Å². The number of nitrogens with one attached hydrogen (secondary N) is 1. The van der Waals surface area contributed by atoms with Gasteiger partial charge < -0.3 is 10.2 Å². The van der Waals surface area contributed by atoms with Crippen molar-refractivity contribution in [3.8, 4) is 0 Å². The fourth-order valence-corrected chi connectivity index (χ4v) is 2.06. The average Bonchev–Trinajstić information content (AvgIpc) is 2.38. The van der Waals surface area contributed by atoms with E-state index < -0.39 is 0 Å². The van der Waals surface area contributed by atoms with Gasteiger partial charge in [-0.2, -0.15) is 0 Å². The van der Waals surface area contributed by atoms with Crippen molar-refractivity contribution in [2.75, 3.05) is 30.4 Å². The van der Waals surface area contributed by atoms with Crippen molar-refractivity contribution in [1.29, 1.82) is 0 Å². The molecule has 1 aromatic carbocycles. The lowest BCUT2D eigenvalue weighted by Gasteiger charge is -2.23. The molecule has 1 unspecified atom stereocenters. The molecule has 0 saturated heterocycles. The number of nitro benzene ring substituents is 1. The van der Waals surface area contributed by atoms with E-state index in [0.29, 0.717) is 23.8 Å². The molecule has 5 heteroatoms. The van der Waals surface area contributed by atoms with E-state index in [1.54, 1.807) is 12.1 Å². The van der Waals surface area contributed by atoms with E-state index >= 15 is 0 Å². The van der Waals surface area contributed by atoms with E-state index in [4.69, 9.17) is 0 Å². The Kier molecular flexibility index (Phi) is 5.60. The second kappa shape index (κ2) is 6.97. The lowest BCUT2D eigenvalue weighted by molar-refractivity contribution is -0.383. The zero-order chi connectivity index (χ0) is 14.4. The SMILES string of the molecule is CCNc1cccc(N(C)CC(C)CC)c1[N+](=O)[O-]. The minimum atomic E-state index is -0.305. The summed E-state index contributed by atoms with van der Waals surface area (Å²) in [5.74, 6) is 0.507. The van der Waals surface area contributed by atoms with Gasteiger partial charge in [-0.1, -0.05) is 26.3 Å². The lowest BCUT2D eigenvalue weighted by atomic mass is 10.1. The summed E-state index contributed by atoms with van der Waals surface area (Å²) in [6, 6.07) is 5.41. The molecule has 0 bridgehead atoms. The largest absolute Gasteiger partial charge is 0.380 e. The third-order valence-corrected chi connectivity index (χ3v) is 3.26. The van der Waals surface area contributed by atoms with Crippen LogP contribution in [0.5, 0.6) is 0 Å². The van der Waals surface area contributed by atoms with Crippen molar-refractivity contribution in [2.24, 2.45) is 5.92 Å². The fraction of sp³-hybridized carbons (Fsp3) is 0.571. The smallest absolute Gasteiger partial charge is 0.315 e. The number of rotatable bonds is 7. The number of para-hydroxylation sites is 1. The quantitative estimate of drug-likeness (QED) is 0.605. The van der Waals surface area contributed by atoms with Gasteiger partial charge in [0.1, 0.15) is 11.4 Å². The Labute approximate surface area is 114 Å². The third-order valence-electron chi connectivity index (χ3n) is 3.26. The minimum Gasteiger partial charge on any atom is -0.380 e. The highest BCUT2D eigenvalue weighted by Gasteiger charge is 2.22. The molecule has 1 rings (SSSR count). The van der Waals surface area contributed by atoms with E-state index in [9.17, 15) is 10.1 Å². The molecule has 0 aliphatic carbocycles. The van der Waals surface area contributed by atoms with Crippen LogP contribution in [0.15, 0.2) is 18.2 Å². The summed E-state index contributed by atoms with van der Waals surface area (Å²) in [5, 5.41) is 14.4. The topological polar surface area (TPSA) is 58.4 Å². The number of benzene rings is 1. The number of nitro groups is 1. The van der Waals surface area contributed by atoms with Crippen molar-refractivity contribution in [2.45, 2.75) is 27.2 Å². The van der Waals surface area contributed by atoms with Crippen LogP contribution in [0.1, 0.15) is 27.2 Å². The highest BCUT2D eigenvalue weighted by Crippen LogP contribution is 2.35. The van der Waals surface area contributed by atoms with Gasteiger partial charge in [-0.15, -0.1) is 0 Å². The van der Waals surface area contributed by atoms with Gasteiger partial charge in [0, 0.05) is 20.1 Å². The first-order valence-electron chi connectivity index (χ1n) is 6.73. The standard InChI is InChI=1S/C14H23N3O2/c1-5-11(3)10-16(4)13-9-7-8-12(15-6-2)14(13)17(18)19/h7-9,11,15H,5-6,10H2,1-4H3. The average molecular weight is 265 g/mol. The van der Waals surface area contributed by atoms with Crippen molar-refractivity contribution >= 4 is 17.1 Å². The molecule has 5 nitrogen and oxygen atoms in total. The molecule has 0 aliphatic heterocycles. The van der Waals surface area contributed by atoms with Crippen molar-refractivity contribution < 1.29 is 4.92 Å². The monoisotopic (exact) mass is 265 g/mol. The Morgan fingerprint density at radius 2 is 2.11 bits per heavy atom. The Balaban J connectivity index is 3.11. The van der Waals surface area contributed by atoms with Crippen LogP contribution in [0.3, 0.4) is 0 Å². The molecule has 0 amide bonds. The van der Waals surface area contributed by atoms with Crippen LogP contribution in [-0.4, -0.2) is 25.1 Å². The maximum Gasteiger partial charge on any atom is 0.315 e. The molecule has 0 aliphatic rings. The van der Waals surface area contributed by atoms with Gasteiger partial charge in [0.15, 0.2) is 0 Å². The molecule has 1 N–H and O–H groups in total. The summed E-state index contributed by atoms with van der Waals surface area (Å²) in [4.78, 5) is 13.0. The first-order valence-corrected chi connectivity index (χ1v) is 6.73. The predicted octanol–water partition coefficient (Wildman–Crippen LogP) is 3.51. The number of nitrogens with zero attached hydrogens (tertiary/aromatic N) is 2. The first kappa shape index (κ1) is 15.3. The molecule has 1 aromatic rings. The Morgan fingerprint density at radius 3 is 2.63 bits per heavy atom. The van der Waals surface area contributed by atoms with E-state index in [0.717, 1.165) is 13.0 Å². The van der Waals surface area contributed by atoms with Crippen molar-refractivity contribution in [3.05, 3.63) is 28.3 Å². The van der Waals surface area contributed by atoms with E-state index in [1.165, 1.54) is 0 Å². The third kappa shape index (κ3) is 3.84. The van der Waals surface area contributed by atoms with Gasteiger partial charge in [0.05, 0.1) is 4.92 Å². The first-order chi connectivity index (χ1) is 9.01. The van der Waals surface area contributed by atoms with Gasteiger partial charge in [-0.25, -0.2) is 0 Å². The van der Waals surface area contributed by atoms with E-state index in [-0.39, 0.29) is 10.6 Å². The van der Waals surface area contributed by atoms with E-state index in [1.807, 2.05) is 24.9 Å². The molecule has 0 fully saturated rings. The number of anilines is 2. The highest BCUT2D eigenvalue weighted by atomic mass is 16.6. The van der Waals surface area contributed by atoms with Crippen LogP contribution < -0.4 is 10.2 Å². The van der Waals surface area contributed by atoms with Crippen LogP contribution in [-0.2, 0) is 0 Å². The van der Waals surface area contributed by atoms with Gasteiger partial charge in [-0.05, 0) is 25.0 Å². The Morgan fingerprint density at radius 1 is 1.42 bits per heavy atom. The van der Waals surface area contributed by atoms with Crippen LogP contribution >= 0.6 is 0 Å². The lowest BCUT2D eigenvalue weighted by Crippen LogP contribution is -2.24. The maximum atomic E-state index is 11.3. The summed E-state index contributed by atoms with van der Waals surface area (Å²) < 4.78 is 0. The molecule has 0 radical (unpaired) electrons. The molecule has 19 heavy (non-hydrogen) atoms. The molecule has 106 valence electrons. The van der Waals surface area contributed by atoms with Crippen molar-refractivity contribution in [1.82, 2.24) is 0 Å². The molecule has 0 heterocycles. The zero-order valence-corrected chi connectivity index (χ0v) is 12.1. The highest BCUT2D eigenvalue weighted by molar-refractivity contribution is 5.76. The minimum absolute atomic E-state index is 0.162. The fourth-order valence-electron chi connectivity index (χ4n) is 2.06. The van der Waals surface area contributed by atoms with Gasteiger partial charge in [0.2, 0.25) is 0 Å². The molecular formula is C14H23N3O2. The van der Waals surface area contributed by atoms with Crippen LogP contribution in [0.2, 0.25) is 0 Å². The number of hydrogen-bond acceptors (Lipinski definition) is 4. The molecule has 1 atom stereocenters. The molecule has 0 spiro atoms. The van der Waals surface area contributed by atoms with Crippen LogP contribution in [0.25, 0.3) is 0 Å². The Hall–Kier alpha value is -1.78. The maximum absolute atomic E-state index is 11.3.